The van der Waals surface area contributed by atoms with Crippen molar-refractivity contribution in [2.24, 2.45) is 5.41 Å². The number of aromatic amines is 1. The van der Waals surface area contributed by atoms with Gasteiger partial charge in [-0.2, -0.15) is 0 Å². The van der Waals surface area contributed by atoms with Crippen molar-refractivity contribution in [1.82, 2.24) is 9.97 Å². The van der Waals surface area contributed by atoms with Crippen LogP contribution in [0.5, 0.6) is 0 Å². The quantitative estimate of drug-likeness (QED) is 0.643. The van der Waals surface area contributed by atoms with Crippen LogP contribution < -0.4 is 5.73 Å². The second-order valence-electron chi connectivity index (χ2n) is 7.94. The zero-order valence-electron chi connectivity index (χ0n) is 16.8. The lowest BCUT2D eigenvalue weighted by molar-refractivity contribution is -0.151. The summed E-state index contributed by atoms with van der Waals surface area (Å²) in [6.45, 7) is 1.73. The van der Waals surface area contributed by atoms with E-state index in [0.29, 0.717) is 29.9 Å². The molecule has 1 aromatic carbocycles. The van der Waals surface area contributed by atoms with E-state index in [2.05, 4.69) is 9.97 Å². The number of pyridine rings is 1. The molecule has 2 aromatic heterocycles. The van der Waals surface area contributed by atoms with Gasteiger partial charge in [0.15, 0.2) is 5.78 Å². The van der Waals surface area contributed by atoms with Crippen molar-refractivity contribution in [3.63, 3.8) is 0 Å². The number of hydrogen-bond acceptors (Lipinski definition) is 5. The number of carbonyl (C=O) groups excluding carboxylic acids is 2. The number of Topliss-reactive ketones (excluding diaryl/α,β-unsaturated/α-hetero) is 1. The Morgan fingerprint density at radius 2 is 2.10 bits per heavy atom. The average molecular weight is 407 g/mol. The molecule has 0 saturated heterocycles. The number of ether oxygens (including phenoxy) is 1. The van der Waals surface area contributed by atoms with Gasteiger partial charge in [-0.15, -0.1) is 0 Å². The second-order valence-corrected chi connectivity index (χ2v) is 7.94. The van der Waals surface area contributed by atoms with E-state index in [0.717, 1.165) is 22.4 Å². The van der Waals surface area contributed by atoms with Gasteiger partial charge in [0.2, 0.25) is 0 Å². The third-order valence-electron chi connectivity index (χ3n) is 5.60. The fourth-order valence-corrected chi connectivity index (χ4v) is 4.23. The second kappa shape index (κ2) is 7.40. The van der Waals surface area contributed by atoms with E-state index >= 15 is 0 Å². The zero-order chi connectivity index (χ0) is 21.5. The lowest BCUT2D eigenvalue weighted by Crippen LogP contribution is -2.37. The standard InChI is InChI=1S/C23H22FN3O3/c1-23(22(29)30-2)11-17-20(18(28)12-23)16(9-13-4-3-5-15(24)8-13)21(27-17)14-6-7-26-19(25)10-14/h3-8,10,27H,9,11-12H2,1-2H3,(H2,25,26)/t23-/m0/s1. The molecule has 0 bridgehead atoms. The molecule has 3 aromatic rings. The summed E-state index contributed by atoms with van der Waals surface area (Å²) in [5.41, 5.74) is 9.17. The third kappa shape index (κ3) is 3.47. The summed E-state index contributed by atoms with van der Waals surface area (Å²) < 4.78 is 18.7. The Labute approximate surface area is 173 Å². The van der Waals surface area contributed by atoms with Crippen LogP contribution in [0, 0.1) is 11.2 Å². The fraction of sp³-hybridized carbons (Fsp3) is 0.261. The number of methoxy groups -OCH3 is 1. The Hall–Kier alpha value is -3.48. The minimum absolute atomic E-state index is 0.0542. The van der Waals surface area contributed by atoms with Crippen LogP contribution in [0.15, 0.2) is 42.6 Å². The predicted octanol–water partition coefficient (Wildman–Crippen LogP) is 3.70. The first-order chi connectivity index (χ1) is 14.3. The van der Waals surface area contributed by atoms with Crippen molar-refractivity contribution >= 4 is 17.6 Å². The molecule has 3 N–H and O–H groups in total. The number of benzene rings is 1. The molecule has 0 saturated carbocycles. The van der Waals surface area contributed by atoms with Crippen LogP contribution in [0.25, 0.3) is 11.3 Å². The first-order valence-corrected chi connectivity index (χ1v) is 9.62. The van der Waals surface area contributed by atoms with Crippen molar-refractivity contribution in [2.75, 3.05) is 12.8 Å². The molecule has 1 aliphatic rings. The van der Waals surface area contributed by atoms with Gasteiger partial charge < -0.3 is 15.5 Å². The summed E-state index contributed by atoms with van der Waals surface area (Å²) in [5.74, 6) is -0.545. The van der Waals surface area contributed by atoms with E-state index < -0.39 is 11.4 Å². The normalized spacial score (nSPS) is 18.2. The number of nitrogens with one attached hydrogen (secondary N) is 1. The summed E-state index contributed by atoms with van der Waals surface area (Å²) in [6.07, 6.45) is 2.36. The number of halogens is 1. The molecule has 1 aliphatic carbocycles. The average Bonchev–Trinajstić information content (AvgIpc) is 3.05. The number of anilines is 1. The van der Waals surface area contributed by atoms with Crippen molar-refractivity contribution in [3.05, 3.63) is 70.8 Å². The van der Waals surface area contributed by atoms with Crippen molar-refractivity contribution in [3.8, 4) is 11.3 Å². The maximum absolute atomic E-state index is 13.8. The van der Waals surface area contributed by atoms with Crippen molar-refractivity contribution < 1.29 is 18.7 Å². The Bertz CT molecular complexity index is 1150. The summed E-state index contributed by atoms with van der Waals surface area (Å²) in [5, 5.41) is 0. The first-order valence-electron chi connectivity index (χ1n) is 9.62. The molecule has 1 atom stereocenters. The molecule has 154 valence electrons. The highest BCUT2D eigenvalue weighted by Crippen LogP contribution is 2.41. The molecule has 0 radical (unpaired) electrons. The van der Waals surface area contributed by atoms with Gasteiger partial charge in [-0.05, 0) is 42.3 Å². The van der Waals surface area contributed by atoms with E-state index in [9.17, 15) is 14.0 Å². The highest BCUT2D eigenvalue weighted by Gasteiger charge is 2.44. The van der Waals surface area contributed by atoms with E-state index in [-0.39, 0.29) is 18.0 Å². The molecule has 2 heterocycles. The van der Waals surface area contributed by atoms with E-state index in [1.54, 1.807) is 31.3 Å². The zero-order valence-corrected chi connectivity index (χ0v) is 16.8. The molecule has 6 nitrogen and oxygen atoms in total. The van der Waals surface area contributed by atoms with Crippen molar-refractivity contribution in [2.45, 2.75) is 26.2 Å². The molecule has 0 amide bonds. The largest absolute Gasteiger partial charge is 0.469 e. The molecular weight excluding hydrogens is 385 g/mol. The van der Waals surface area contributed by atoms with Gasteiger partial charge >= 0.3 is 5.97 Å². The van der Waals surface area contributed by atoms with Crippen LogP contribution in [0.3, 0.4) is 0 Å². The monoisotopic (exact) mass is 407 g/mol. The third-order valence-corrected chi connectivity index (χ3v) is 5.60. The van der Waals surface area contributed by atoms with Crippen LogP contribution in [-0.4, -0.2) is 28.8 Å². The Morgan fingerprint density at radius 1 is 1.30 bits per heavy atom. The molecule has 0 spiro atoms. The lowest BCUT2D eigenvalue weighted by Gasteiger charge is -2.30. The van der Waals surface area contributed by atoms with Gasteiger partial charge in [0, 0.05) is 42.3 Å². The molecule has 0 aliphatic heterocycles. The number of hydrogen-bond donors (Lipinski definition) is 2. The van der Waals surface area contributed by atoms with Crippen LogP contribution in [0.2, 0.25) is 0 Å². The molecule has 7 heteroatoms. The predicted molar refractivity (Wildman–Crippen MR) is 110 cm³/mol. The van der Waals surface area contributed by atoms with Gasteiger partial charge in [-0.1, -0.05) is 12.1 Å². The maximum atomic E-state index is 13.8. The molecule has 4 rings (SSSR count). The van der Waals surface area contributed by atoms with E-state index in [4.69, 9.17) is 10.5 Å². The smallest absolute Gasteiger partial charge is 0.312 e. The Morgan fingerprint density at radius 3 is 2.80 bits per heavy atom. The van der Waals surface area contributed by atoms with Gasteiger partial charge in [-0.25, -0.2) is 9.37 Å². The highest BCUT2D eigenvalue weighted by atomic mass is 19.1. The molecule has 0 fully saturated rings. The number of H-pyrrole nitrogens is 1. The minimum atomic E-state index is -0.936. The molecule has 30 heavy (non-hydrogen) atoms. The van der Waals surface area contributed by atoms with Gasteiger partial charge in [0.25, 0.3) is 0 Å². The van der Waals surface area contributed by atoms with Gasteiger partial charge in [-0.3, -0.25) is 9.59 Å². The number of rotatable bonds is 4. The minimum Gasteiger partial charge on any atom is -0.469 e. The van der Waals surface area contributed by atoms with Crippen LogP contribution in [0.4, 0.5) is 10.2 Å². The Kier molecular flexibility index (Phi) is 4.89. The molecule has 0 unspecified atom stereocenters. The van der Waals surface area contributed by atoms with Gasteiger partial charge in [0.1, 0.15) is 11.6 Å². The van der Waals surface area contributed by atoms with Crippen LogP contribution >= 0.6 is 0 Å². The number of aromatic nitrogens is 2. The number of nitrogens with two attached hydrogens (primary N) is 1. The van der Waals surface area contributed by atoms with Crippen LogP contribution in [0.1, 0.15) is 40.5 Å². The number of nitrogens with zero attached hydrogens (tertiary/aromatic N) is 1. The first kappa shape index (κ1) is 19.8. The number of fused-ring (bicyclic) bond motifs is 1. The summed E-state index contributed by atoms with van der Waals surface area (Å²) in [7, 11) is 1.32. The molecular formula is C23H22FN3O3. The summed E-state index contributed by atoms with van der Waals surface area (Å²) in [4.78, 5) is 32.9. The number of esters is 1. The van der Waals surface area contributed by atoms with Crippen LogP contribution in [-0.2, 0) is 22.4 Å². The summed E-state index contributed by atoms with van der Waals surface area (Å²) in [6, 6.07) is 9.82. The number of carbonyl (C=O) groups is 2. The fourth-order valence-electron chi connectivity index (χ4n) is 4.23. The number of nitrogen functional groups attached to an aromatic ring is 1. The lowest BCUT2D eigenvalue weighted by atomic mass is 9.73. The van der Waals surface area contributed by atoms with E-state index in [1.807, 2.05) is 6.07 Å². The summed E-state index contributed by atoms with van der Waals surface area (Å²) >= 11 is 0. The van der Waals surface area contributed by atoms with Crippen molar-refractivity contribution in [1.29, 1.82) is 0 Å². The van der Waals surface area contributed by atoms with Gasteiger partial charge in [0.05, 0.1) is 18.2 Å². The maximum Gasteiger partial charge on any atom is 0.312 e. The highest BCUT2D eigenvalue weighted by molar-refractivity contribution is 6.04. The van der Waals surface area contributed by atoms with E-state index in [1.165, 1.54) is 19.2 Å². The number of ketones is 1. The SMILES string of the molecule is COC(=O)[C@]1(C)CC(=O)c2c([nH]c(-c3ccnc(N)c3)c2Cc2cccc(F)c2)C1. The Balaban J connectivity index is 1.87. The topological polar surface area (TPSA) is 98.1 Å².